The van der Waals surface area contributed by atoms with Crippen molar-refractivity contribution in [2.24, 2.45) is 0 Å². The molecule has 0 saturated carbocycles. The van der Waals surface area contributed by atoms with Gasteiger partial charge in [-0.1, -0.05) is 46.9 Å². The molecule has 1 aromatic carbocycles. The predicted molar refractivity (Wildman–Crippen MR) is 96.7 cm³/mol. The third-order valence-electron chi connectivity index (χ3n) is 4.29. The Morgan fingerprint density at radius 3 is 2.70 bits per heavy atom. The fraction of sp³-hybridized carbons (Fsp3) is 0.412. The maximum Gasteiger partial charge on any atom is 0.214 e. The molecule has 124 valence electrons. The van der Waals surface area contributed by atoms with Gasteiger partial charge in [-0.2, -0.15) is 0 Å². The van der Waals surface area contributed by atoms with Crippen molar-refractivity contribution in [2.45, 2.75) is 23.3 Å². The summed E-state index contributed by atoms with van der Waals surface area (Å²) in [4.78, 5) is 2.33. The lowest BCUT2D eigenvalue weighted by molar-refractivity contribution is 0.145. The first kappa shape index (κ1) is 17.0. The lowest BCUT2D eigenvalue weighted by Gasteiger charge is -2.29. The van der Waals surface area contributed by atoms with Gasteiger partial charge in [-0.3, -0.25) is 0 Å². The zero-order valence-corrected chi connectivity index (χ0v) is 15.1. The van der Waals surface area contributed by atoms with Gasteiger partial charge in [0.2, 0.25) is 4.46 Å². The number of benzene rings is 1. The van der Waals surface area contributed by atoms with Crippen LogP contribution in [0.15, 0.2) is 42.3 Å². The summed E-state index contributed by atoms with van der Waals surface area (Å²) in [5.41, 5.74) is 1.65. The molecule has 2 aliphatic heterocycles. The molecule has 0 spiro atoms. The van der Waals surface area contributed by atoms with Gasteiger partial charge in [0.25, 0.3) is 0 Å². The van der Waals surface area contributed by atoms with E-state index in [1.807, 2.05) is 30.3 Å². The van der Waals surface area contributed by atoms with Gasteiger partial charge in [-0.05, 0) is 50.2 Å². The van der Waals surface area contributed by atoms with E-state index in [1.54, 1.807) is 6.20 Å². The Hall–Kier alpha value is -0.870. The molecule has 0 amide bonds. The molecular formula is C17H19Cl3N2O. The Morgan fingerprint density at radius 2 is 2.04 bits per heavy atom. The normalized spacial score (nSPS) is 23.9. The second-order valence-electron chi connectivity index (χ2n) is 5.92. The Morgan fingerprint density at radius 1 is 1.30 bits per heavy atom. The smallest absolute Gasteiger partial charge is 0.214 e. The lowest BCUT2D eigenvalue weighted by atomic mass is 10.0. The lowest BCUT2D eigenvalue weighted by Crippen LogP contribution is -2.35. The highest BCUT2D eigenvalue weighted by Crippen LogP contribution is 2.38. The molecule has 1 saturated heterocycles. The Kier molecular flexibility index (Phi) is 5.12. The van der Waals surface area contributed by atoms with Crippen molar-refractivity contribution in [1.82, 2.24) is 10.2 Å². The molecule has 0 unspecified atom stereocenters. The second kappa shape index (κ2) is 6.94. The van der Waals surface area contributed by atoms with E-state index in [1.165, 1.54) is 12.8 Å². The van der Waals surface area contributed by atoms with Crippen molar-refractivity contribution in [1.29, 1.82) is 0 Å². The molecule has 0 aromatic heterocycles. The molecule has 23 heavy (non-hydrogen) atoms. The molecule has 1 aromatic rings. The third kappa shape index (κ3) is 3.97. The van der Waals surface area contributed by atoms with Crippen molar-refractivity contribution in [3.05, 3.63) is 52.9 Å². The van der Waals surface area contributed by atoms with E-state index in [2.05, 4.69) is 17.3 Å². The Labute approximate surface area is 151 Å². The summed E-state index contributed by atoms with van der Waals surface area (Å²) >= 11 is 18.7. The molecular weight excluding hydrogens is 355 g/mol. The van der Waals surface area contributed by atoms with Crippen LogP contribution in [0.3, 0.4) is 0 Å². The van der Waals surface area contributed by atoms with E-state index in [9.17, 15) is 0 Å². The summed E-state index contributed by atoms with van der Waals surface area (Å²) in [6.45, 7) is 1.79. The van der Waals surface area contributed by atoms with Crippen molar-refractivity contribution >= 4 is 40.4 Å². The van der Waals surface area contributed by atoms with Gasteiger partial charge in [0.1, 0.15) is 12.4 Å². The summed E-state index contributed by atoms with van der Waals surface area (Å²) in [7, 11) is 2.13. The zero-order chi connectivity index (χ0) is 16.4. The number of hydrogen-bond donors (Lipinski definition) is 1. The number of hydrogen-bond acceptors (Lipinski definition) is 3. The minimum absolute atomic E-state index is 0.460. The van der Waals surface area contributed by atoms with Crippen molar-refractivity contribution < 1.29 is 4.74 Å². The summed E-state index contributed by atoms with van der Waals surface area (Å²) in [5.74, 6) is 0.729. The van der Waals surface area contributed by atoms with Crippen LogP contribution in [0.1, 0.15) is 18.4 Å². The number of likely N-dealkylation sites (N-methyl/N-ethyl adjacent to an activating group) is 1. The van der Waals surface area contributed by atoms with Gasteiger partial charge in [-0.15, -0.1) is 0 Å². The molecule has 1 fully saturated rings. The molecule has 2 aliphatic rings. The van der Waals surface area contributed by atoms with Crippen LogP contribution in [0.25, 0.3) is 5.57 Å². The van der Waals surface area contributed by atoms with E-state index >= 15 is 0 Å². The van der Waals surface area contributed by atoms with Crippen LogP contribution in [0, 0.1) is 0 Å². The first-order valence-corrected chi connectivity index (χ1v) is 8.76. The number of likely N-dealkylation sites (tertiary alicyclic amines) is 1. The average Bonchev–Trinajstić information content (AvgIpc) is 2.92. The van der Waals surface area contributed by atoms with E-state index in [4.69, 9.17) is 39.5 Å². The topological polar surface area (TPSA) is 24.5 Å². The van der Waals surface area contributed by atoms with E-state index in [-0.39, 0.29) is 0 Å². The monoisotopic (exact) mass is 372 g/mol. The second-order valence-corrected chi connectivity index (χ2v) is 7.68. The average molecular weight is 374 g/mol. The minimum Gasteiger partial charge on any atom is -0.490 e. The quantitative estimate of drug-likeness (QED) is 0.625. The number of halogens is 3. The van der Waals surface area contributed by atoms with Crippen LogP contribution in [0.5, 0.6) is 0 Å². The minimum atomic E-state index is -1.19. The first-order valence-electron chi connectivity index (χ1n) is 7.62. The molecule has 0 radical (unpaired) electrons. The number of allylic oxidation sites excluding steroid dienone is 1. The fourth-order valence-corrected chi connectivity index (χ4v) is 3.44. The number of rotatable bonds is 4. The molecule has 1 atom stereocenters. The molecule has 1 N–H and O–H groups in total. The van der Waals surface area contributed by atoms with E-state index in [0.29, 0.717) is 17.7 Å². The summed E-state index contributed by atoms with van der Waals surface area (Å²) in [6.07, 6.45) is 5.99. The number of dihydropyridines is 1. The number of nitrogens with one attached hydrogen (secondary N) is 1. The van der Waals surface area contributed by atoms with Gasteiger partial charge >= 0.3 is 0 Å². The highest BCUT2D eigenvalue weighted by molar-refractivity contribution is 6.54. The summed E-state index contributed by atoms with van der Waals surface area (Å²) < 4.78 is 4.75. The fourth-order valence-electron chi connectivity index (χ4n) is 2.87. The summed E-state index contributed by atoms with van der Waals surface area (Å²) in [5, 5.41) is 3.66. The van der Waals surface area contributed by atoms with Crippen LogP contribution in [0.4, 0.5) is 0 Å². The zero-order valence-electron chi connectivity index (χ0n) is 12.9. The highest BCUT2D eigenvalue weighted by atomic mass is 35.5. The van der Waals surface area contributed by atoms with Crippen molar-refractivity contribution in [3.63, 3.8) is 0 Å². The van der Waals surface area contributed by atoms with Crippen molar-refractivity contribution in [3.8, 4) is 0 Å². The maximum absolute atomic E-state index is 6.37. The van der Waals surface area contributed by atoms with Gasteiger partial charge in [0, 0.05) is 22.8 Å². The molecule has 3 nitrogen and oxygen atoms in total. The standard InChI is InChI=1S/C17H19Cl3N2O/c1-22-8-2-3-14(22)11-23-15-9-16(17(19,20)21-10-15)12-4-6-13(18)7-5-12/h4-7,9-10,14,21H,2-3,8,11H2,1H3/t14-/m1/s1. The molecule has 6 heteroatoms. The number of nitrogens with zero attached hydrogens (tertiary/aromatic N) is 1. The molecule has 0 bridgehead atoms. The third-order valence-corrected chi connectivity index (χ3v) is 5.17. The molecule has 0 aliphatic carbocycles. The van der Waals surface area contributed by atoms with E-state index < -0.39 is 4.46 Å². The Bertz CT molecular complexity index is 625. The van der Waals surface area contributed by atoms with Crippen LogP contribution in [0.2, 0.25) is 5.02 Å². The van der Waals surface area contributed by atoms with Gasteiger partial charge in [-0.25, -0.2) is 0 Å². The van der Waals surface area contributed by atoms with Crippen molar-refractivity contribution in [2.75, 3.05) is 20.2 Å². The van der Waals surface area contributed by atoms with Crippen LogP contribution < -0.4 is 5.32 Å². The van der Waals surface area contributed by atoms with Gasteiger partial charge < -0.3 is 15.0 Å². The van der Waals surface area contributed by atoms with Gasteiger partial charge in [0.05, 0.1) is 0 Å². The van der Waals surface area contributed by atoms with E-state index in [0.717, 1.165) is 23.4 Å². The first-order chi connectivity index (χ1) is 11.0. The highest BCUT2D eigenvalue weighted by Gasteiger charge is 2.32. The number of ether oxygens (including phenoxy) is 1. The van der Waals surface area contributed by atoms with Crippen LogP contribution in [-0.4, -0.2) is 35.6 Å². The summed E-state index contributed by atoms with van der Waals surface area (Å²) in [6, 6.07) is 7.87. The van der Waals surface area contributed by atoms with Crippen LogP contribution in [-0.2, 0) is 4.74 Å². The maximum atomic E-state index is 6.37. The molecule has 3 rings (SSSR count). The predicted octanol–water partition coefficient (Wildman–Crippen LogP) is 4.41. The SMILES string of the molecule is CN1CCC[C@@H]1COC1=CNC(Cl)(Cl)C(c2ccc(Cl)cc2)=C1. The largest absolute Gasteiger partial charge is 0.490 e. The Balaban J connectivity index is 1.75. The van der Waals surface area contributed by atoms with Gasteiger partial charge in [0.15, 0.2) is 0 Å². The van der Waals surface area contributed by atoms with Crippen LogP contribution >= 0.6 is 34.8 Å². The number of alkyl halides is 2. The molecule has 2 heterocycles.